The molecule has 7 nitrogen and oxygen atoms in total. The number of aromatic nitrogens is 3. The van der Waals surface area contributed by atoms with Gasteiger partial charge in [0.2, 0.25) is 5.95 Å². The summed E-state index contributed by atoms with van der Waals surface area (Å²) < 4.78 is 10.3. The van der Waals surface area contributed by atoms with Crippen molar-refractivity contribution in [1.29, 1.82) is 0 Å². The van der Waals surface area contributed by atoms with E-state index in [1.807, 2.05) is 0 Å². The zero-order valence-electron chi connectivity index (χ0n) is 10.3. The summed E-state index contributed by atoms with van der Waals surface area (Å²) in [5.41, 5.74) is 5.48. The zero-order chi connectivity index (χ0) is 12.5. The third-order valence-corrected chi connectivity index (χ3v) is 2.02. The highest BCUT2D eigenvalue weighted by Gasteiger charge is 2.08. The van der Waals surface area contributed by atoms with Gasteiger partial charge in [-0.25, -0.2) is 0 Å². The molecule has 0 saturated carbocycles. The van der Waals surface area contributed by atoms with Crippen LogP contribution in [0.3, 0.4) is 0 Å². The summed E-state index contributed by atoms with van der Waals surface area (Å²) in [6, 6.07) is 0. The second kappa shape index (κ2) is 7.61. The normalized spacial score (nSPS) is 10.2. The molecule has 0 aliphatic carbocycles. The van der Waals surface area contributed by atoms with Crippen molar-refractivity contribution in [1.82, 2.24) is 15.2 Å². The minimum Gasteiger partial charge on any atom is -0.472 e. The molecule has 1 rings (SSSR count). The van der Waals surface area contributed by atoms with E-state index >= 15 is 0 Å². The van der Waals surface area contributed by atoms with Gasteiger partial charge in [0.15, 0.2) is 5.82 Å². The van der Waals surface area contributed by atoms with Gasteiger partial charge in [0, 0.05) is 13.7 Å². The van der Waals surface area contributed by atoms with Crippen LogP contribution in [0.25, 0.3) is 0 Å². The number of nitrogens with one attached hydrogen (secondary N) is 1. The molecule has 0 aromatic carbocycles. The molecular weight excluding hydrogens is 222 g/mol. The predicted octanol–water partition coefficient (Wildman–Crippen LogP) is 0.691. The maximum atomic E-state index is 5.48. The number of nitrogen functional groups attached to an aromatic ring is 1. The lowest BCUT2D eigenvalue weighted by Gasteiger charge is -2.10. The van der Waals surface area contributed by atoms with Gasteiger partial charge in [-0.1, -0.05) is 13.3 Å². The van der Waals surface area contributed by atoms with E-state index < -0.39 is 0 Å². The zero-order valence-corrected chi connectivity index (χ0v) is 10.3. The van der Waals surface area contributed by atoms with Gasteiger partial charge in [-0.3, -0.25) is 0 Å². The number of methoxy groups -OCH3 is 1. The van der Waals surface area contributed by atoms with E-state index in [-0.39, 0.29) is 5.95 Å². The maximum absolute atomic E-state index is 5.48. The van der Waals surface area contributed by atoms with Crippen LogP contribution in [0, 0.1) is 0 Å². The lowest BCUT2D eigenvalue weighted by Crippen LogP contribution is -2.12. The molecule has 0 fully saturated rings. The van der Waals surface area contributed by atoms with Crippen molar-refractivity contribution in [2.75, 3.05) is 37.9 Å². The van der Waals surface area contributed by atoms with Crippen LogP contribution in [0.4, 0.5) is 11.8 Å². The number of hydrogen-bond donors (Lipinski definition) is 2. The molecule has 3 N–H and O–H groups in total. The molecule has 1 aromatic heterocycles. The molecule has 0 radical (unpaired) electrons. The van der Waals surface area contributed by atoms with Crippen LogP contribution < -0.4 is 15.8 Å². The molecule has 0 aliphatic rings. The van der Waals surface area contributed by atoms with Crippen molar-refractivity contribution < 1.29 is 9.47 Å². The Hall–Kier alpha value is -1.63. The van der Waals surface area contributed by atoms with Crippen LogP contribution in [-0.4, -0.2) is 42.0 Å². The Bertz CT molecular complexity index is 334. The average molecular weight is 241 g/mol. The summed E-state index contributed by atoms with van der Waals surface area (Å²) >= 11 is 0. The topological polar surface area (TPSA) is 95.2 Å². The van der Waals surface area contributed by atoms with Crippen LogP contribution in [0.5, 0.6) is 5.88 Å². The first-order valence-corrected chi connectivity index (χ1v) is 5.63. The first-order chi connectivity index (χ1) is 8.27. The van der Waals surface area contributed by atoms with Crippen LogP contribution in [-0.2, 0) is 4.74 Å². The van der Waals surface area contributed by atoms with Gasteiger partial charge < -0.3 is 20.5 Å². The molecule has 17 heavy (non-hydrogen) atoms. The highest BCUT2D eigenvalue weighted by atomic mass is 16.5. The SMILES string of the molecule is CCCCNc1nc(N)nnc1OCCOC. The van der Waals surface area contributed by atoms with E-state index in [2.05, 4.69) is 27.4 Å². The fourth-order valence-corrected chi connectivity index (χ4v) is 1.15. The molecule has 0 spiro atoms. The summed E-state index contributed by atoms with van der Waals surface area (Å²) in [6.07, 6.45) is 2.14. The van der Waals surface area contributed by atoms with E-state index in [0.717, 1.165) is 19.4 Å². The number of rotatable bonds is 8. The summed E-state index contributed by atoms with van der Waals surface area (Å²) in [4.78, 5) is 4.05. The lowest BCUT2D eigenvalue weighted by molar-refractivity contribution is 0.143. The standard InChI is InChI=1S/C10H19N5O2/c1-3-4-5-12-8-9(17-7-6-16-2)14-15-10(11)13-8/h3-7H2,1-2H3,(H3,11,12,13,15). The second-order valence-electron chi connectivity index (χ2n) is 3.45. The van der Waals surface area contributed by atoms with Gasteiger partial charge >= 0.3 is 0 Å². The van der Waals surface area contributed by atoms with Crippen molar-refractivity contribution in [2.24, 2.45) is 0 Å². The predicted molar refractivity (Wildman–Crippen MR) is 65.0 cm³/mol. The van der Waals surface area contributed by atoms with Gasteiger partial charge in [-0.15, -0.1) is 10.2 Å². The third-order valence-electron chi connectivity index (χ3n) is 2.02. The smallest absolute Gasteiger partial charge is 0.277 e. The minimum atomic E-state index is 0.128. The fourth-order valence-electron chi connectivity index (χ4n) is 1.15. The summed E-state index contributed by atoms with van der Waals surface area (Å²) in [7, 11) is 1.61. The number of ether oxygens (including phenoxy) is 2. The van der Waals surface area contributed by atoms with Crippen LogP contribution in [0.2, 0.25) is 0 Å². The molecule has 0 atom stereocenters. The minimum absolute atomic E-state index is 0.128. The van der Waals surface area contributed by atoms with Crippen molar-refractivity contribution >= 4 is 11.8 Å². The van der Waals surface area contributed by atoms with Gasteiger partial charge in [0.05, 0.1) is 6.61 Å². The largest absolute Gasteiger partial charge is 0.472 e. The van der Waals surface area contributed by atoms with Gasteiger partial charge in [-0.2, -0.15) is 4.98 Å². The Morgan fingerprint density at radius 2 is 2.12 bits per heavy atom. The van der Waals surface area contributed by atoms with E-state index in [4.69, 9.17) is 15.2 Å². The molecule has 0 unspecified atom stereocenters. The molecule has 1 heterocycles. The van der Waals surface area contributed by atoms with E-state index in [9.17, 15) is 0 Å². The molecule has 0 aliphatic heterocycles. The first kappa shape index (κ1) is 13.4. The van der Waals surface area contributed by atoms with Crippen molar-refractivity contribution in [3.05, 3.63) is 0 Å². The number of nitrogens with two attached hydrogens (primary N) is 1. The van der Waals surface area contributed by atoms with Crippen molar-refractivity contribution in [3.63, 3.8) is 0 Å². The molecular formula is C10H19N5O2. The van der Waals surface area contributed by atoms with Gasteiger partial charge in [0.25, 0.3) is 5.88 Å². The Morgan fingerprint density at radius 3 is 2.82 bits per heavy atom. The maximum Gasteiger partial charge on any atom is 0.277 e. The van der Waals surface area contributed by atoms with E-state index in [1.165, 1.54) is 0 Å². The molecule has 1 aromatic rings. The summed E-state index contributed by atoms with van der Waals surface area (Å²) in [5, 5.41) is 10.6. The van der Waals surface area contributed by atoms with E-state index in [0.29, 0.717) is 24.9 Å². The van der Waals surface area contributed by atoms with Crippen LogP contribution in [0.15, 0.2) is 0 Å². The monoisotopic (exact) mass is 241 g/mol. The Labute approximate surface area is 101 Å². The third kappa shape index (κ3) is 4.81. The number of hydrogen-bond acceptors (Lipinski definition) is 7. The quantitative estimate of drug-likeness (QED) is 0.646. The van der Waals surface area contributed by atoms with Crippen LogP contribution in [0.1, 0.15) is 19.8 Å². The van der Waals surface area contributed by atoms with Crippen molar-refractivity contribution in [2.45, 2.75) is 19.8 Å². The highest BCUT2D eigenvalue weighted by Crippen LogP contribution is 2.18. The van der Waals surface area contributed by atoms with Crippen molar-refractivity contribution in [3.8, 4) is 5.88 Å². The molecule has 0 saturated heterocycles. The molecule has 0 amide bonds. The Balaban J connectivity index is 2.59. The Morgan fingerprint density at radius 1 is 1.29 bits per heavy atom. The van der Waals surface area contributed by atoms with E-state index in [1.54, 1.807) is 7.11 Å². The highest BCUT2D eigenvalue weighted by molar-refractivity contribution is 5.46. The average Bonchev–Trinajstić information content (AvgIpc) is 2.32. The number of nitrogens with zero attached hydrogens (tertiary/aromatic N) is 3. The molecule has 0 bridgehead atoms. The van der Waals surface area contributed by atoms with Crippen LogP contribution >= 0.6 is 0 Å². The summed E-state index contributed by atoms with van der Waals surface area (Å²) in [6.45, 7) is 3.80. The molecule has 96 valence electrons. The number of anilines is 2. The summed E-state index contributed by atoms with van der Waals surface area (Å²) in [5.74, 6) is 1.01. The first-order valence-electron chi connectivity index (χ1n) is 5.63. The van der Waals surface area contributed by atoms with Gasteiger partial charge in [0.1, 0.15) is 6.61 Å². The Kier molecular flexibility index (Phi) is 6.02. The molecule has 7 heteroatoms. The van der Waals surface area contributed by atoms with Gasteiger partial charge in [-0.05, 0) is 6.42 Å². The lowest BCUT2D eigenvalue weighted by atomic mass is 10.3. The fraction of sp³-hybridized carbons (Fsp3) is 0.700. The second-order valence-corrected chi connectivity index (χ2v) is 3.45. The number of unbranched alkanes of at least 4 members (excludes halogenated alkanes) is 1.